The Labute approximate surface area is 149 Å². The van der Waals surface area contributed by atoms with Crippen molar-refractivity contribution in [2.45, 2.75) is 38.5 Å². The lowest BCUT2D eigenvalue weighted by Gasteiger charge is -2.37. The first-order chi connectivity index (χ1) is 12.1. The lowest BCUT2D eigenvalue weighted by atomic mass is 9.77. The summed E-state index contributed by atoms with van der Waals surface area (Å²) in [5.74, 6) is 1.73. The number of hydrogen-bond acceptors (Lipinski definition) is 4. The Hall–Kier alpha value is -1.85. The van der Waals surface area contributed by atoms with Crippen molar-refractivity contribution in [3.63, 3.8) is 0 Å². The third-order valence-corrected chi connectivity index (χ3v) is 5.85. The molecule has 5 nitrogen and oxygen atoms in total. The van der Waals surface area contributed by atoms with Gasteiger partial charge >= 0.3 is 0 Å². The van der Waals surface area contributed by atoms with Crippen molar-refractivity contribution in [2.75, 3.05) is 20.2 Å². The number of phenolic OH excluding ortho intramolecular Hbond substituents is 1. The van der Waals surface area contributed by atoms with Crippen LogP contribution in [0.3, 0.4) is 0 Å². The molecule has 0 amide bonds. The van der Waals surface area contributed by atoms with E-state index in [1.807, 2.05) is 25.4 Å². The second-order valence-corrected chi connectivity index (χ2v) is 7.69. The van der Waals surface area contributed by atoms with Crippen LogP contribution < -0.4 is 0 Å². The first-order valence-corrected chi connectivity index (χ1v) is 9.16. The zero-order chi connectivity index (χ0) is 17.4. The van der Waals surface area contributed by atoms with Gasteiger partial charge in [0, 0.05) is 32.9 Å². The van der Waals surface area contributed by atoms with Crippen LogP contribution in [0.1, 0.15) is 30.0 Å². The van der Waals surface area contributed by atoms with Gasteiger partial charge in [0.2, 0.25) is 0 Å². The van der Waals surface area contributed by atoms with Gasteiger partial charge in [0.25, 0.3) is 0 Å². The number of ether oxygens (including phenoxy) is 1. The highest BCUT2D eigenvalue weighted by Gasteiger charge is 2.43. The Morgan fingerprint density at radius 2 is 2.04 bits per heavy atom. The lowest BCUT2D eigenvalue weighted by molar-refractivity contribution is -0.00488. The van der Waals surface area contributed by atoms with E-state index in [4.69, 9.17) is 4.74 Å². The van der Waals surface area contributed by atoms with E-state index < -0.39 is 0 Å². The molecule has 0 bridgehead atoms. The molecule has 1 N–H and O–H groups in total. The minimum atomic E-state index is 0.237. The molecule has 2 heterocycles. The number of methoxy groups -OCH3 is 1. The molecule has 1 aliphatic carbocycles. The maximum Gasteiger partial charge on any atom is 0.115 e. The highest BCUT2D eigenvalue weighted by atomic mass is 16.5. The van der Waals surface area contributed by atoms with Crippen LogP contribution in [0.15, 0.2) is 36.7 Å². The van der Waals surface area contributed by atoms with E-state index in [-0.39, 0.29) is 6.10 Å². The summed E-state index contributed by atoms with van der Waals surface area (Å²) in [6.07, 6.45) is 6.53. The first-order valence-electron chi connectivity index (χ1n) is 9.16. The monoisotopic (exact) mass is 341 g/mol. The highest BCUT2D eigenvalue weighted by molar-refractivity contribution is 5.27. The van der Waals surface area contributed by atoms with Crippen LogP contribution in [0.25, 0.3) is 0 Å². The molecule has 1 saturated heterocycles. The summed E-state index contributed by atoms with van der Waals surface area (Å²) in [7, 11) is 1.83. The van der Waals surface area contributed by atoms with Gasteiger partial charge in [-0.1, -0.05) is 12.1 Å². The molecule has 2 fully saturated rings. The van der Waals surface area contributed by atoms with Gasteiger partial charge < -0.3 is 9.84 Å². The molecule has 2 aliphatic rings. The van der Waals surface area contributed by atoms with Gasteiger partial charge in [-0.25, -0.2) is 0 Å². The van der Waals surface area contributed by atoms with E-state index >= 15 is 0 Å². The molecule has 25 heavy (non-hydrogen) atoms. The van der Waals surface area contributed by atoms with Crippen molar-refractivity contribution in [2.24, 2.45) is 11.8 Å². The Morgan fingerprint density at radius 1 is 1.24 bits per heavy atom. The Bertz CT molecular complexity index is 729. The Balaban J connectivity index is 1.45. The summed E-state index contributed by atoms with van der Waals surface area (Å²) in [5, 5.41) is 14.2. The van der Waals surface area contributed by atoms with Crippen LogP contribution in [-0.2, 0) is 11.3 Å². The van der Waals surface area contributed by atoms with Gasteiger partial charge in [-0.15, -0.1) is 0 Å². The molecular weight excluding hydrogens is 314 g/mol. The van der Waals surface area contributed by atoms with Crippen molar-refractivity contribution < 1.29 is 9.84 Å². The molecule has 0 spiro atoms. The van der Waals surface area contributed by atoms with Crippen LogP contribution >= 0.6 is 0 Å². The standard InChI is InChI=1S/C20H27N3O2/c1-14-9-21-23(10-14)19-7-16-12-22(13-17(16)8-20(19)25-2)11-15-4-3-5-18(24)6-15/h3-6,9-10,16-17,19-20,24H,7-8,11-13H2,1-2H3/t16-,17+,19-,20-/m0/s1. The second kappa shape index (κ2) is 6.81. The average molecular weight is 341 g/mol. The van der Waals surface area contributed by atoms with Crippen LogP contribution in [-0.4, -0.2) is 46.1 Å². The molecule has 0 unspecified atom stereocenters. The van der Waals surface area contributed by atoms with Crippen molar-refractivity contribution in [3.05, 3.63) is 47.8 Å². The quantitative estimate of drug-likeness (QED) is 0.929. The molecule has 1 saturated carbocycles. The molecular formula is C20H27N3O2. The lowest BCUT2D eigenvalue weighted by Crippen LogP contribution is -2.37. The molecule has 4 rings (SSSR count). The fraction of sp³-hybridized carbons (Fsp3) is 0.550. The summed E-state index contributed by atoms with van der Waals surface area (Å²) in [4.78, 5) is 2.52. The van der Waals surface area contributed by atoms with E-state index in [0.29, 0.717) is 23.6 Å². The minimum absolute atomic E-state index is 0.237. The number of rotatable bonds is 4. The smallest absolute Gasteiger partial charge is 0.115 e. The van der Waals surface area contributed by atoms with E-state index in [1.165, 1.54) is 11.1 Å². The topological polar surface area (TPSA) is 50.5 Å². The van der Waals surface area contributed by atoms with Crippen LogP contribution in [0.5, 0.6) is 5.75 Å². The van der Waals surface area contributed by atoms with Crippen LogP contribution in [0.2, 0.25) is 0 Å². The number of phenols is 1. The van der Waals surface area contributed by atoms with Crippen LogP contribution in [0, 0.1) is 18.8 Å². The number of nitrogens with zero attached hydrogens (tertiary/aromatic N) is 3. The van der Waals surface area contributed by atoms with E-state index in [9.17, 15) is 5.11 Å². The maximum atomic E-state index is 9.68. The number of benzene rings is 1. The van der Waals surface area contributed by atoms with Gasteiger partial charge in [0.15, 0.2) is 0 Å². The largest absolute Gasteiger partial charge is 0.508 e. The summed E-state index contributed by atoms with van der Waals surface area (Å²) >= 11 is 0. The Kier molecular flexibility index (Phi) is 4.52. The number of likely N-dealkylation sites (tertiary alicyclic amines) is 1. The first kappa shape index (κ1) is 16.6. The highest BCUT2D eigenvalue weighted by Crippen LogP contribution is 2.42. The zero-order valence-electron chi connectivity index (χ0n) is 15.0. The summed E-state index contributed by atoms with van der Waals surface area (Å²) in [5.41, 5.74) is 2.38. The molecule has 5 heteroatoms. The average Bonchev–Trinajstić information content (AvgIpc) is 3.18. The number of hydrogen-bond donors (Lipinski definition) is 1. The van der Waals surface area contributed by atoms with Crippen LogP contribution in [0.4, 0.5) is 0 Å². The van der Waals surface area contributed by atoms with Crippen molar-refractivity contribution in [1.29, 1.82) is 0 Å². The Morgan fingerprint density at radius 3 is 2.72 bits per heavy atom. The summed E-state index contributed by atoms with van der Waals surface area (Å²) in [6, 6.07) is 7.95. The normalized spacial score (nSPS) is 29.7. The van der Waals surface area contributed by atoms with E-state index in [1.54, 1.807) is 6.07 Å². The van der Waals surface area contributed by atoms with Gasteiger partial charge in [-0.05, 0) is 54.9 Å². The fourth-order valence-corrected chi connectivity index (χ4v) is 4.68. The maximum absolute atomic E-state index is 9.68. The molecule has 1 aromatic carbocycles. The molecule has 1 aromatic heterocycles. The minimum Gasteiger partial charge on any atom is -0.508 e. The van der Waals surface area contributed by atoms with Gasteiger partial charge in [-0.2, -0.15) is 5.10 Å². The number of aromatic nitrogens is 2. The molecule has 2 aromatic rings. The van der Waals surface area contributed by atoms with Crippen molar-refractivity contribution in [3.8, 4) is 5.75 Å². The molecule has 1 aliphatic heterocycles. The predicted molar refractivity (Wildman–Crippen MR) is 96.4 cm³/mol. The van der Waals surface area contributed by atoms with E-state index in [2.05, 4.69) is 33.9 Å². The predicted octanol–water partition coefficient (Wildman–Crippen LogP) is 3.00. The van der Waals surface area contributed by atoms with E-state index in [0.717, 1.165) is 32.5 Å². The number of aryl methyl sites for hydroxylation is 1. The van der Waals surface area contributed by atoms with Crippen molar-refractivity contribution in [1.82, 2.24) is 14.7 Å². The van der Waals surface area contributed by atoms with Gasteiger partial charge in [0.1, 0.15) is 5.75 Å². The number of fused-ring (bicyclic) bond motifs is 1. The summed E-state index contributed by atoms with van der Waals surface area (Å²) in [6.45, 7) is 5.23. The zero-order valence-corrected chi connectivity index (χ0v) is 15.0. The molecule has 4 atom stereocenters. The third-order valence-electron chi connectivity index (χ3n) is 5.85. The SMILES string of the molecule is CO[C@H]1C[C@@H]2CN(Cc3cccc(O)c3)C[C@@H]2C[C@@H]1n1cc(C)cn1. The summed E-state index contributed by atoms with van der Waals surface area (Å²) < 4.78 is 7.94. The second-order valence-electron chi connectivity index (χ2n) is 7.69. The number of aromatic hydroxyl groups is 1. The fourth-order valence-electron chi connectivity index (χ4n) is 4.68. The molecule has 134 valence electrons. The van der Waals surface area contributed by atoms with Gasteiger partial charge in [-0.3, -0.25) is 9.58 Å². The molecule has 0 radical (unpaired) electrons. The van der Waals surface area contributed by atoms with Gasteiger partial charge in [0.05, 0.1) is 18.3 Å². The van der Waals surface area contributed by atoms with Crippen molar-refractivity contribution >= 4 is 0 Å². The third kappa shape index (κ3) is 3.44.